The normalized spacial score (nSPS) is 11.3. The molecular weight excluding hydrogens is 289 g/mol. The van der Waals surface area contributed by atoms with Gasteiger partial charge in [0.2, 0.25) is 11.9 Å². The van der Waals surface area contributed by atoms with Gasteiger partial charge in [-0.05, 0) is 12.8 Å². The van der Waals surface area contributed by atoms with Crippen LogP contribution in [0.2, 0.25) is 0 Å². The Hall–Kier alpha value is -1.84. The van der Waals surface area contributed by atoms with E-state index in [4.69, 9.17) is 10.6 Å². The molecule has 0 saturated heterocycles. The largest absolute Gasteiger partial charge is 0.463 e. The molecule has 1 rings (SSSR count). The number of nitrogens with two attached hydrogens (primary N) is 1. The zero-order valence-corrected chi connectivity index (χ0v) is 11.9. The van der Waals surface area contributed by atoms with Crippen LogP contribution in [0.15, 0.2) is 0 Å². The number of hydrogen-bond acceptors (Lipinski definition) is 7. The van der Waals surface area contributed by atoms with Crippen molar-refractivity contribution < 1.29 is 17.9 Å². The van der Waals surface area contributed by atoms with Crippen LogP contribution in [0.25, 0.3) is 0 Å². The van der Waals surface area contributed by atoms with E-state index in [1.165, 1.54) is 0 Å². The number of nitrogen functional groups attached to an aromatic ring is 1. The van der Waals surface area contributed by atoms with Crippen molar-refractivity contribution in [3.8, 4) is 6.01 Å². The Morgan fingerprint density at radius 3 is 2.43 bits per heavy atom. The van der Waals surface area contributed by atoms with Crippen LogP contribution in [0.1, 0.15) is 26.7 Å². The van der Waals surface area contributed by atoms with Crippen molar-refractivity contribution in [2.75, 3.05) is 30.0 Å². The van der Waals surface area contributed by atoms with E-state index in [0.29, 0.717) is 19.4 Å². The Bertz CT molecular complexity index is 442. The summed E-state index contributed by atoms with van der Waals surface area (Å²) in [6.45, 7) is 3.00. The zero-order chi connectivity index (χ0) is 15.9. The maximum Gasteiger partial charge on any atom is 0.406 e. The minimum absolute atomic E-state index is 0.0469. The lowest BCUT2D eigenvalue weighted by atomic mass is 10.4. The van der Waals surface area contributed by atoms with E-state index in [9.17, 15) is 13.2 Å². The smallest absolute Gasteiger partial charge is 0.406 e. The van der Waals surface area contributed by atoms with E-state index >= 15 is 0 Å². The Morgan fingerprint density at radius 2 is 1.90 bits per heavy atom. The SMILES string of the molecule is CCCOc1nc(NN)nc(N(CCC)CC(F)(F)F)n1. The second kappa shape index (κ2) is 7.81. The molecule has 21 heavy (non-hydrogen) atoms. The third-order valence-electron chi connectivity index (χ3n) is 2.31. The van der Waals surface area contributed by atoms with Gasteiger partial charge >= 0.3 is 12.2 Å². The van der Waals surface area contributed by atoms with Crippen molar-refractivity contribution in [2.45, 2.75) is 32.9 Å². The highest BCUT2D eigenvalue weighted by Crippen LogP contribution is 2.21. The van der Waals surface area contributed by atoms with Gasteiger partial charge in [0.25, 0.3) is 0 Å². The molecule has 0 aliphatic carbocycles. The first-order chi connectivity index (χ1) is 9.89. The molecule has 1 aromatic rings. The van der Waals surface area contributed by atoms with Gasteiger partial charge in [0, 0.05) is 6.54 Å². The molecular formula is C11H19F3N6O. The number of ether oxygens (including phenoxy) is 1. The van der Waals surface area contributed by atoms with Gasteiger partial charge in [-0.15, -0.1) is 0 Å². The maximum absolute atomic E-state index is 12.6. The summed E-state index contributed by atoms with van der Waals surface area (Å²) in [4.78, 5) is 12.6. The molecule has 0 fully saturated rings. The van der Waals surface area contributed by atoms with Crippen LogP contribution >= 0.6 is 0 Å². The van der Waals surface area contributed by atoms with E-state index < -0.39 is 12.7 Å². The zero-order valence-electron chi connectivity index (χ0n) is 11.9. The van der Waals surface area contributed by atoms with E-state index in [2.05, 4.69) is 20.4 Å². The molecule has 1 heterocycles. The van der Waals surface area contributed by atoms with Gasteiger partial charge < -0.3 is 9.64 Å². The number of aromatic nitrogens is 3. The fourth-order valence-electron chi connectivity index (χ4n) is 1.55. The van der Waals surface area contributed by atoms with Crippen LogP contribution in [-0.4, -0.2) is 40.8 Å². The first-order valence-corrected chi connectivity index (χ1v) is 6.56. The van der Waals surface area contributed by atoms with Crippen molar-refractivity contribution >= 4 is 11.9 Å². The number of hydrazine groups is 1. The molecule has 0 atom stereocenters. The summed E-state index contributed by atoms with van der Waals surface area (Å²) in [6, 6.07) is -0.0573. The highest BCUT2D eigenvalue weighted by molar-refractivity contribution is 5.37. The van der Waals surface area contributed by atoms with Crippen molar-refractivity contribution in [2.24, 2.45) is 5.84 Å². The molecule has 3 N–H and O–H groups in total. The van der Waals surface area contributed by atoms with E-state index in [1.54, 1.807) is 6.92 Å². The Kier molecular flexibility index (Phi) is 6.40. The summed E-state index contributed by atoms with van der Waals surface area (Å²) < 4.78 is 43.1. The van der Waals surface area contributed by atoms with Gasteiger partial charge in [-0.3, -0.25) is 5.43 Å². The molecule has 10 heteroatoms. The summed E-state index contributed by atoms with van der Waals surface area (Å²) in [7, 11) is 0. The van der Waals surface area contributed by atoms with Gasteiger partial charge in [0.1, 0.15) is 6.54 Å². The number of anilines is 2. The van der Waals surface area contributed by atoms with Gasteiger partial charge in [-0.2, -0.15) is 28.1 Å². The second-order valence-electron chi connectivity index (χ2n) is 4.27. The van der Waals surface area contributed by atoms with Gasteiger partial charge in [-0.1, -0.05) is 13.8 Å². The number of nitrogens with one attached hydrogen (secondary N) is 1. The van der Waals surface area contributed by atoms with E-state index in [-0.39, 0.29) is 24.5 Å². The van der Waals surface area contributed by atoms with Gasteiger partial charge in [-0.25, -0.2) is 5.84 Å². The number of rotatable bonds is 8. The first-order valence-electron chi connectivity index (χ1n) is 6.56. The standard InChI is InChI=1S/C11H19F3N6O/c1-3-5-20(7-11(12,13)14)9-16-8(19-15)17-10(18-9)21-6-4-2/h3-7,15H2,1-2H3,(H,16,17,18,19). The highest BCUT2D eigenvalue weighted by atomic mass is 19.4. The van der Waals surface area contributed by atoms with Crippen LogP contribution in [-0.2, 0) is 0 Å². The van der Waals surface area contributed by atoms with Crippen molar-refractivity contribution in [3.63, 3.8) is 0 Å². The quantitative estimate of drug-likeness (QED) is 0.558. The first kappa shape index (κ1) is 17.2. The summed E-state index contributed by atoms with van der Waals surface area (Å²) >= 11 is 0. The molecule has 0 unspecified atom stereocenters. The van der Waals surface area contributed by atoms with Crippen LogP contribution < -0.4 is 20.9 Å². The van der Waals surface area contributed by atoms with E-state index in [1.807, 2.05) is 6.92 Å². The summed E-state index contributed by atoms with van der Waals surface area (Å²) in [5.41, 5.74) is 2.19. The topological polar surface area (TPSA) is 89.2 Å². The fourth-order valence-corrected chi connectivity index (χ4v) is 1.55. The molecule has 0 aliphatic rings. The third-order valence-corrected chi connectivity index (χ3v) is 2.31. The van der Waals surface area contributed by atoms with Crippen LogP contribution in [0.5, 0.6) is 6.01 Å². The predicted octanol–water partition coefficient (Wildman–Crippen LogP) is 1.72. The van der Waals surface area contributed by atoms with Crippen molar-refractivity contribution in [1.82, 2.24) is 15.0 Å². The minimum atomic E-state index is -4.36. The maximum atomic E-state index is 12.6. The highest BCUT2D eigenvalue weighted by Gasteiger charge is 2.32. The Morgan fingerprint density at radius 1 is 1.19 bits per heavy atom. The second-order valence-corrected chi connectivity index (χ2v) is 4.27. The molecule has 0 bridgehead atoms. The average Bonchev–Trinajstić information content (AvgIpc) is 2.43. The molecule has 0 spiro atoms. The molecule has 0 saturated carbocycles. The molecule has 0 aliphatic heterocycles. The van der Waals surface area contributed by atoms with Crippen LogP contribution in [0.4, 0.5) is 25.1 Å². The minimum Gasteiger partial charge on any atom is -0.463 e. The van der Waals surface area contributed by atoms with Gasteiger partial charge in [0.15, 0.2) is 0 Å². The summed E-state index contributed by atoms with van der Waals surface area (Å²) in [5.74, 6) is 5.05. The molecule has 1 aromatic heterocycles. The number of hydrogen-bond donors (Lipinski definition) is 2. The third kappa shape index (κ3) is 5.98. The Labute approximate surface area is 120 Å². The van der Waals surface area contributed by atoms with Crippen LogP contribution in [0.3, 0.4) is 0 Å². The molecule has 0 aromatic carbocycles. The molecule has 0 amide bonds. The van der Waals surface area contributed by atoms with Crippen molar-refractivity contribution in [1.29, 1.82) is 0 Å². The average molecular weight is 308 g/mol. The Balaban J connectivity index is 3.04. The van der Waals surface area contributed by atoms with Crippen molar-refractivity contribution in [3.05, 3.63) is 0 Å². The number of alkyl halides is 3. The monoisotopic (exact) mass is 308 g/mol. The number of halogens is 3. The molecule has 120 valence electrons. The number of nitrogens with zero attached hydrogens (tertiary/aromatic N) is 4. The van der Waals surface area contributed by atoms with E-state index in [0.717, 1.165) is 4.90 Å². The molecule has 0 radical (unpaired) electrons. The molecule has 7 nitrogen and oxygen atoms in total. The lowest BCUT2D eigenvalue weighted by Gasteiger charge is -2.23. The summed E-state index contributed by atoms with van der Waals surface area (Å²) in [5, 5.41) is 0. The lowest BCUT2D eigenvalue weighted by Crippen LogP contribution is -2.36. The van der Waals surface area contributed by atoms with Crippen LogP contribution in [0, 0.1) is 0 Å². The fraction of sp³-hybridized carbons (Fsp3) is 0.727. The lowest BCUT2D eigenvalue weighted by molar-refractivity contribution is -0.119. The summed E-state index contributed by atoms with van der Waals surface area (Å²) in [6.07, 6.45) is -3.13. The van der Waals surface area contributed by atoms with Gasteiger partial charge in [0.05, 0.1) is 6.61 Å². The predicted molar refractivity (Wildman–Crippen MR) is 72.0 cm³/mol.